The summed E-state index contributed by atoms with van der Waals surface area (Å²) in [4.78, 5) is 27.0. The highest BCUT2D eigenvalue weighted by atomic mass is 16.2. The first-order valence-electron chi connectivity index (χ1n) is 8.55. The van der Waals surface area contributed by atoms with Gasteiger partial charge >= 0.3 is 0 Å². The molecule has 0 radical (unpaired) electrons. The van der Waals surface area contributed by atoms with Gasteiger partial charge in [-0.15, -0.1) is 0 Å². The maximum absolute atomic E-state index is 12.8. The zero-order valence-electron chi connectivity index (χ0n) is 14.3. The predicted octanol–water partition coefficient (Wildman–Crippen LogP) is 2.96. The standard InChI is InChI=1S/C17H32N2O2/c1-6-9-15-16(20)18-14(10-12(4)5)17(21)19(15)11-13(7-2)8-3/h12-15H,6-11H2,1-5H3,(H,18,20). The zero-order valence-corrected chi connectivity index (χ0v) is 14.3. The molecule has 1 heterocycles. The number of hydrogen-bond donors (Lipinski definition) is 1. The van der Waals surface area contributed by atoms with Crippen LogP contribution in [0.15, 0.2) is 0 Å². The molecule has 1 aliphatic heterocycles. The Hall–Kier alpha value is -1.06. The minimum Gasteiger partial charge on any atom is -0.342 e. The molecule has 21 heavy (non-hydrogen) atoms. The van der Waals surface area contributed by atoms with Crippen LogP contribution in [-0.2, 0) is 9.59 Å². The fourth-order valence-corrected chi connectivity index (χ4v) is 3.06. The molecule has 1 N–H and O–H groups in total. The molecule has 1 fully saturated rings. The van der Waals surface area contributed by atoms with Crippen molar-refractivity contribution in [2.24, 2.45) is 11.8 Å². The van der Waals surface area contributed by atoms with E-state index in [-0.39, 0.29) is 23.9 Å². The lowest BCUT2D eigenvalue weighted by Crippen LogP contribution is -2.64. The first-order valence-corrected chi connectivity index (χ1v) is 8.55. The number of piperazine rings is 1. The normalized spacial score (nSPS) is 23.1. The monoisotopic (exact) mass is 296 g/mol. The summed E-state index contributed by atoms with van der Waals surface area (Å²) in [5.74, 6) is 1.04. The quantitative estimate of drug-likeness (QED) is 0.748. The predicted molar refractivity (Wildman–Crippen MR) is 85.9 cm³/mol. The molecule has 122 valence electrons. The van der Waals surface area contributed by atoms with Gasteiger partial charge in [0.05, 0.1) is 0 Å². The van der Waals surface area contributed by atoms with Gasteiger partial charge in [0, 0.05) is 6.54 Å². The number of amides is 2. The molecule has 2 unspecified atom stereocenters. The van der Waals surface area contributed by atoms with Gasteiger partial charge in [-0.1, -0.05) is 53.9 Å². The molecule has 0 saturated carbocycles. The molecular formula is C17H32N2O2. The third-order valence-corrected chi connectivity index (χ3v) is 4.46. The van der Waals surface area contributed by atoms with Crippen LogP contribution in [0.25, 0.3) is 0 Å². The zero-order chi connectivity index (χ0) is 16.0. The van der Waals surface area contributed by atoms with Gasteiger partial charge in [0.25, 0.3) is 0 Å². The second-order valence-electron chi connectivity index (χ2n) is 6.67. The van der Waals surface area contributed by atoms with E-state index in [0.29, 0.717) is 11.8 Å². The van der Waals surface area contributed by atoms with Crippen LogP contribution < -0.4 is 5.32 Å². The Morgan fingerprint density at radius 3 is 2.24 bits per heavy atom. The molecule has 1 aliphatic rings. The topological polar surface area (TPSA) is 49.4 Å². The first kappa shape index (κ1) is 18.0. The summed E-state index contributed by atoms with van der Waals surface area (Å²) >= 11 is 0. The van der Waals surface area contributed by atoms with Crippen molar-refractivity contribution in [3.63, 3.8) is 0 Å². The van der Waals surface area contributed by atoms with Gasteiger partial charge in [0.1, 0.15) is 12.1 Å². The third kappa shape index (κ3) is 4.72. The Morgan fingerprint density at radius 1 is 1.14 bits per heavy atom. The molecule has 1 saturated heterocycles. The molecule has 0 spiro atoms. The Kier molecular flexibility index (Phi) is 7.20. The Morgan fingerprint density at radius 2 is 1.76 bits per heavy atom. The number of rotatable bonds is 8. The fraction of sp³-hybridized carbons (Fsp3) is 0.882. The maximum atomic E-state index is 12.8. The lowest BCUT2D eigenvalue weighted by Gasteiger charge is -2.41. The largest absolute Gasteiger partial charge is 0.342 e. The first-order chi connectivity index (χ1) is 9.94. The summed E-state index contributed by atoms with van der Waals surface area (Å²) in [7, 11) is 0. The van der Waals surface area contributed by atoms with Crippen molar-refractivity contribution in [2.45, 2.75) is 78.8 Å². The van der Waals surface area contributed by atoms with E-state index in [1.165, 1.54) is 0 Å². The molecule has 0 aliphatic carbocycles. The molecule has 0 aromatic rings. The van der Waals surface area contributed by atoms with Crippen molar-refractivity contribution in [3.8, 4) is 0 Å². The summed E-state index contributed by atoms with van der Waals surface area (Å²) < 4.78 is 0. The number of hydrogen-bond acceptors (Lipinski definition) is 2. The Balaban J connectivity index is 2.91. The molecular weight excluding hydrogens is 264 g/mol. The van der Waals surface area contributed by atoms with Gasteiger partial charge in [-0.2, -0.15) is 0 Å². The highest BCUT2D eigenvalue weighted by Crippen LogP contribution is 2.22. The summed E-state index contributed by atoms with van der Waals surface area (Å²) in [6, 6.07) is -0.605. The summed E-state index contributed by atoms with van der Waals surface area (Å²) in [5, 5.41) is 2.94. The number of nitrogens with zero attached hydrogens (tertiary/aromatic N) is 1. The van der Waals surface area contributed by atoms with E-state index in [9.17, 15) is 9.59 Å². The van der Waals surface area contributed by atoms with Crippen LogP contribution >= 0.6 is 0 Å². The van der Waals surface area contributed by atoms with Gasteiger partial charge in [0.15, 0.2) is 0 Å². The third-order valence-electron chi connectivity index (χ3n) is 4.46. The van der Waals surface area contributed by atoms with Gasteiger partial charge in [0.2, 0.25) is 11.8 Å². The Bertz CT molecular complexity index is 351. The van der Waals surface area contributed by atoms with Crippen molar-refractivity contribution in [1.82, 2.24) is 10.2 Å². The highest BCUT2D eigenvalue weighted by molar-refractivity contribution is 5.96. The van der Waals surface area contributed by atoms with Crippen molar-refractivity contribution < 1.29 is 9.59 Å². The molecule has 0 bridgehead atoms. The second-order valence-corrected chi connectivity index (χ2v) is 6.67. The van der Waals surface area contributed by atoms with E-state index in [2.05, 4.69) is 39.9 Å². The fourth-order valence-electron chi connectivity index (χ4n) is 3.06. The molecule has 4 heteroatoms. The van der Waals surface area contributed by atoms with Gasteiger partial charge in [-0.05, 0) is 24.7 Å². The van der Waals surface area contributed by atoms with E-state index >= 15 is 0 Å². The lowest BCUT2D eigenvalue weighted by molar-refractivity contribution is -0.150. The van der Waals surface area contributed by atoms with E-state index in [0.717, 1.165) is 38.6 Å². The maximum Gasteiger partial charge on any atom is 0.245 e. The summed E-state index contributed by atoms with van der Waals surface area (Å²) in [6.07, 6.45) is 4.50. The molecule has 4 nitrogen and oxygen atoms in total. The van der Waals surface area contributed by atoms with Crippen LogP contribution in [0.3, 0.4) is 0 Å². The number of carbonyl (C=O) groups is 2. The SMILES string of the molecule is CCCC1C(=O)NC(CC(C)C)C(=O)N1CC(CC)CC. The van der Waals surface area contributed by atoms with Gasteiger partial charge < -0.3 is 10.2 Å². The van der Waals surface area contributed by atoms with Crippen LogP contribution in [0.5, 0.6) is 0 Å². The minimum atomic E-state index is -0.333. The molecule has 0 aromatic heterocycles. The minimum absolute atomic E-state index is 0.0352. The second kappa shape index (κ2) is 8.40. The number of nitrogens with one attached hydrogen (secondary N) is 1. The van der Waals surface area contributed by atoms with E-state index in [1.807, 2.05) is 4.90 Å². The van der Waals surface area contributed by atoms with E-state index in [1.54, 1.807) is 0 Å². The van der Waals surface area contributed by atoms with Crippen molar-refractivity contribution in [3.05, 3.63) is 0 Å². The Labute approximate surface area is 129 Å². The summed E-state index contributed by atoms with van der Waals surface area (Å²) in [5.41, 5.74) is 0. The lowest BCUT2D eigenvalue weighted by atomic mass is 9.94. The van der Waals surface area contributed by atoms with Crippen LogP contribution in [0.1, 0.15) is 66.7 Å². The smallest absolute Gasteiger partial charge is 0.245 e. The van der Waals surface area contributed by atoms with Crippen LogP contribution in [-0.4, -0.2) is 35.3 Å². The highest BCUT2D eigenvalue weighted by Gasteiger charge is 2.40. The van der Waals surface area contributed by atoms with E-state index < -0.39 is 0 Å². The van der Waals surface area contributed by atoms with Gasteiger partial charge in [-0.25, -0.2) is 0 Å². The van der Waals surface area contributed by atoms with Gasteiger partial charge in [-0.3, -0.25) is 9.59 Å². The van der Waals surface area contributed by atoms with Crippen LogP contribution in [0, 0.1) is 11.8 Å². The average molecular weight is 296 g/mol. The molecule has 2 amide bonds. The van der Waals surface area contributed by atoms with Crippen molar-refractivity contribution in [2.75, 3.05) is 6.54 Å². The molecule has 2 atom stereocenters. The van der Waals surface area contributed by atoms with Crippen LogP contribution in [0.2, 0.25) is 0 Å². The molecule has 0 aromatic carbocycles. The van der Waals surface area contributed by atoms with Crippen LogP contribution in [0.4, 0.5) is 0 Å². The molecule has 1 rings (SSSR count). The average Bonchev–Trinajstić information content (AvgIpc) is 2.43. The van der Waals surface area contributed by atoms with Crippen molar-refractivity contribution in [1.29, 1.82) is 0 Å². The number of carbonyl (C=O) groups excluding carboxylic acids is 2. The van der Waals surface area contributed by atoms with Crippen molar-refractivity contribution >= 4 is 11.8 Å². The van der Waals surface area contributed by atoms with E-state index in [4.69, 9.17) is 0 Å². The summed E-state index contributed by atoms with van der Waals surface area (Å²) in [6.45, 7) is 11.3.